The molecule has 4 heteroatoms. The Morgan fingerprint density at radius 3 is 2.50 bits per heavy atom. The highest BCUT2D eigenvalue weighted by atomic mass is 79.9. The fraction of sp³-hybridized carbons (Fsp3) is 0.500. The van der Waals surface area contributed by atoms with Gasteiger partial charge in [0.15, 0.2) is 0 Å². The Bertz CT molecular complexity index is 96.0. The highest BCUT2D eigenvalue weighted by molar-refractivity contribution is 9.11. The van der Waals surface area contributed by atoms with E-state index in [9.17, 15) is 0 Å². The summed E-state index contributed by atoms with van der Waals surface area (Å²) in [6, 6.07) is 0. The van der Waals surface area contributed by atoms with Crippen molar-refractivity contribution in [3.05, 3.63) is 10.0 Å². The first kappa shape index (κ1) is 8.33. The number of thiol groups is 1. The maximum Gasteiger partial charge on any atom is 0.112 e. The number of hydrogen-bond donors (Lipinski definition) is 1. The van der Waals surface area contributed by atoms with Gasteiger partial charge in [-0.1, -0.05) is 0 Å². The monoisotopic (exact) mass is 197 g/mol. The Morgan fingerprint density at radius 2 is 2.38 bits per heavy atom. The molecule has 0 bridgehead atoms. The average molecular weight is 198 g/mol. The Morgan fingerprint density at radius 1 is 1.88 bits per heavy atom. The van der Waals surface area contributed by atoms with Crippen molar-refractivity contribution >= 4 is 28.6 Å². The zero-order valence-electron chi connectivity index (χ0n) is 4.76. The molecule has 0 aromatic carbocycles. The minimum Gasteiger partial charge on any atom is -0.277 e. The Hall–Kier alpha value is 0.330. The first-order valence-corrected chi connectivity index (χ1v) is 3.31. The van der Waals surface area contributed by atoms with Gasteiger partial charge in [-0.05, 0) is 15.9 Å². The highest BCUT2D eigenvalue weighted by Gasteiger charge is 1.93. The molecule has 0 saturated heterocycles. The Kier molecular flexibility index (Phi) is 4.41. The van der Waals surface area contributed by atoms with Crippen molar-refractivity contribution in [1.82, 2.24) is 5.06 Å². The van der Waals surface area contributed by atoms with Crippen molar-refractivity contribution in [1.29, 1.82) is 0 Å². The van der Waals surface area contributed by atoms with Crippen molar-refractivity contribution in [2.45, 2.75) is 0 Å². The number of nitrogens with zero attached hydrogens (tertiary/aromatic N) is 1. The van der Waals surface area contributed by atoms with E-state index < -0.39 is 0 Å². The lowest BCUT2D eigenvalue weighted by molar-refractivity contribution is -0.0675. The molecular formula is C4H8BrNOS. The van der Waals surface area contributed by atoms with Crippen LogP contribution in [0.1, 0.15) is 0 Å². The summed E-state index contributed by atoms with van der Waals surface area (Å²) < 4.78 is 0.795. The van der Waals surface area contributed by atoms with Crippen LogP contribution >= 0.6 is 28.6 Å². The molecule has 0 saturated carbocycles. The van der Waals surface area contributed by atoms with E-state index in [0.29, 0.717) is 0 Å². The van der Waals surface area contributed by atoms with E-state index in [1.165, 1.54) is 0 Å². The van der Waals surface area contributed by atoms with Gasteiger partial charge >= 0.3 is 0 Å². The molecule has 0 rings (SSSR count). The highest BCUT2D eigenvalue weighted by Crippen LogP contribution is 2.09. The van der Waals surface area contributed by atoms with Gasteiger partial charge in [0.2, 0.25) is 0 Å². The summed E-state index contributed by atoms with van der Waals surface area (Å²) in [4.78, 5) is 4.77. The van der Waals surface area contributed by atoms with Crippen molar-refractivity contribution in [2.24, 2.45) is 0 Å². The number of halogens is 1. The predicted octanol–water partition coefficient (Wildman–Crippen LogP) is 1.60. The van der Waals surface area contributed by atoms with Gasteiger partial charge in [-0.2, -0.15) is 0 Å². The lowest BCUT2D eigenvalue weighted by atomic mass is 11.0. The first-order valence-electron chi connectivity index (χ1n) is 2.00. The zero-order chi connectivity index (χ0) is 6.57. The van der Waals surface area contributed by atoms with E-state index in [-0.39, 0.29) is 0 Å². The number of rotatable bonds is 2. The van der Waals surface area contributed by atoms with Gasteiger partial charge < -0.3 is 0 Å². The van der Waals surface area contributed by atoms with E-state index in [4.69, 9.17) is 4.84 Å². The molecule has 0 aliphatic heterocycles. The number of hydrogen-bond acceptors (Lipinski definition) is 3. The summed E-state index contributed by atoms with van der Waals surface area (Å²) in [5.41, 5.74) is 0. The summed E-state index contributed by atoms with van der Waals surface area (Å²) in [6.45, 7) is 0. The van der Waals surface area contributed by atoms with Crippen molar-refractivity contribution in [3.63, 3.8) is 0 Å². The molecule has 0 atom stereocenters. The van der Waals surface area contributed by atoms with E-state index in [0.717, 1.165) is 4.61 Å². The van der Waals surface area contributed by atoms with Crippen LogP contribution in [0.15, 0.2) is 10.0 Å². The van der Waals surface area contributed by atoms with Crippen LogP contribution in [0, 0.1) is 0 Å². The van der Waals surface area contributed by atoms with Crippen molar-refractivity contribution in [2.75, 3.05) is 14.2 Å². The SMILES string of the molecule is CON(C)/C(Br)=C\S. The molecule has 0 aliphatic carbocycles. The summed E-state index contributed by atoms with van der Waals surface area (Å²) in [5.74, 6) is 0. The number of hydroxylamine groups is 2. The predicted molar refractivity (Wildman–Crippen MR) is 40.8 cm³/mol. The molecule has 48 valence electrons. The summed E-state index contributed by atoms with van der Waals surface area (Å²) >= 11 is 7.07. The van der Waals surface area contributed by atoms with Gasteiger partial charge in [0, 0.05) is 12.5 Å². The average Bonchev–Trinajstić information content (AvgIpc) is 1.84. The maximum atomic E-state index is 4.77. The lowest BCUT2D eigenvalue weighted by Gasteiger charge is -2.12. The van der Waals surface area contributed by atoms with E-state index in [2.05, 4.69) is 28.6 Å². The third-order valence-corrected chi connectivity index (χ3v) is 2.01. The fourth-order valence-corrected chi connectivity index (χ4v) is 0.476. The smallest absolute Gasteiger partial charge is 0.112 e. The second-order valence-electron chi connectivity index (χ2n) is 1.13. The molecule has 0 unspecified atom stereocenters. The van der Waals surface area contributed by atoms with Crippen LogP contribution in [-0.4, -0.2) is 19.2 Å². The third-order valence-electron chi connectivity index (χ3n) is 0.681. The van der Waals surface area contributed by atoms with Crippen LogP contribution in [0.25, 0.3) is 0 Å². The Balaban J connectivity index is 3.63. The quantitative estimate of drug-likeness (QED) is 0.411. The van der Waals surface area contributed by atoms with Crippen LogP contribution in [0.2, 0.25) is 0 Å². The molecule has 0 amide bonds. The molecular weight excluding hydrogens is 190 g/mol. The molecule has 0 aromatic rings. The van der Waals surface area contributed by atoms with Crippen molar-refractivity contribution < 1.29 is 4.84 Å². The van der Waals surface area contributed by atoms with E-state index in [1.807, 2.05) is 0 Å². The standard InChI is InChI=1S/C4H8BrNOS/c1-6(7-2)4(5)3-8/h3,8H,1-2H3/b4-3-. The van der Waals surface area contributed by atoms with Crippen LogP contribution in [0.3, 0.4) is 0 Å². The maximum absolute atomic E-state index is 4.77. The largest absolute Gasteiger partial charge is 0.277 e. The van der Waals surface area contributed by atoms with Crippen LogP contribution in [-0.2, 0) is 4.84 Å². The molecule has 0 spiro atoms. The molecule has 2 nitrogen and oxygen atoms in total. The lowest BCUT2D eigenvalue weighted by Crippen LogP contribution is -2.11. The molecule has 0 radical (unpaired) electrons. The topological polar surface area (TPSA) is 12.5 Å². The Labute approximate surface area is 63.0 Å². The molecule has 0 aliphatic rings. The van der Waals surface area contributed by atoms with Gasteiger partial charge in [-0.3, -0.25) is 9.90 Å². The summed E-state index contributed by atoms with van der Waals surface area (Å²) in [6.07, 6.45) is 0. The zero-order valence-corrected chi connectivity index (χ0v) is 7.24. The molecule has 0 aromatic heterocycles. The van der Waals surface area contributed by atoms with Crippen LogP contribution < -0.4 is 0 Å². The molecule has 0 heterocycles. The molecule has 8 heavy (non-hydrogen) atoms. The van der Waals surface area contributed by atoms with Crippen molar-refractivity contribution in [3.8, 4) is 0 Å². The normalized spacial score (nSPS) is 11.8. The molecule has 0 fully saturated rings. The van der Waals surface area contributed by atoms with Crippen LogP contribution in [0.4, 0.5) is 0 Å². The second-order valence-corrected chi connectivity index (χ2v) is 2.20. The van der Waals surface area contributed by atoms with Gasteiger partial charge in [0.05, 0.1) is 7.11 Å². The minimum atomic E-state index is 0.795. The third kappa shape index (κ3) is 2.59. The van der Waals surface area contributed by atoms with Gasteiger partial charge in [0.1, 0.15) is 4.61 Å². The van der Waals surface area contributed by atoms with Gasteiger partial charge in [0.25, 0.3) is 0 Å². The summed E-state index contributed by atoms with van der Waals surface area (Å²) in [7, 11) is 3.36. The summed E-state index contributed by atoms with van der Waals surface area (Å²) in [5, 5.41) is 3.15. The van der Waals surface area contributed by atoms with E-state index >= 15 is 0 Å². The minimum absolute atomic E-state index is 0.795. The first-order chi connectivity index (χ1) is 3.72. The van der Waals surface area contributed by atoms with Crippen LogP contribution in [0.5, 0.6) is 0 Å². The van der Waals surface area contributed by atoms with Gasteiger partial charge in [-0.25, -0.2) is 0 Å². The van der Waals surface area contributed by atoms with E-state index in [1.54, 1.807) is 24.6 Å². The second kappa shape index (κ2) is 4.23. The van der Waals surface area contributed by atoms with Gasteiger partial charge in [-0.15, -0.1) is 12.6 Å². The molecule has 0 N–H and O–H groups in total. The fourth-order valence-electron chi connectivity index (χ4n) is 0.169.